The first-order valence-corrected chi connectivity index (χ1v) is 9.77. The van der Waals surface area contributed by atoms with Crippen LogP contribution in [0.3, 0.4) is 0 Å². The number of methoxy groups -OCH3 is 2. The molecule has 0 spiro atoms. The Morgan fingerprint density at radius 2 is 2.07 bits per heavy atom. The largest absolute Gasteiger partial charge is 0.493 e. The highest BCUT2D eigenvalue weighted by Gasteiger charge is 2.33. The Kier molecular flexibility index (Phi) is 6.34. The van der Waals surface area contributed by atoms with Crippen molar-refractivity contribution in [3.05, 3.63) is 46.2 Å². The van der Waals surface area contributed by atoms with E-state index in [1.807, 2.05) is 35.7 Å². The van der Waals surface area contributed by atoms with Gasteiger partial charge >= 0.3 is 0 Å². The van der Waals surface area contributed by atoms with E-state index < -0.39 is 0 Å². The molecule has 1 aromatic heterocycles. The molecule has 0 aliphatic carbocycles. The maximum absolute atomic E-state index is 12.3. The van der Waals surface area contributed by atoms with E-state index in [0.717, 1.165) is 10.4 Å². The van der Waals surface area contributed by atoms with Gasteiger partial charge in [-0.1, -0.05) is 12.1 Å². The van der Waals surface area contributed by atoms with Crippen LogP contribution < -0.4 is 14.8 Å². The van der Waals surface area contributed by atoms with E-state index in [4.69, 9.17) is 9.47 Å². The highest BCUT2D eigenvalue weighted by molar-refractivity contribution is 7.09. The van der Waals surface area contributed by atoms with Crippen molar-refractivity contribution in [2.45, 2.75) is 19.4 Å². The van der Waals surface area contributed by atoms with Crippen molar-refractivity contribution in [1.29, 1.82) is 0 Å². The number of benzene rings is 1. The highest BCUT2D eigenvalue weighted by atomic mass is 32.1. The van der Waals surface area contributed by atoms with Crippen LogP contribution in [-0.2, 0) is 22.6 Å². The predicted molar refractivity (Wildman–Crippen MR) is 104 cm³/mol. The molecule has 1 atom stereocenters. The Hall–Kier alpha value is -2.54. The Balaban J connectivity index is 1.51. The smallest absolute Gasteiger partial charge is 0.225 e. The topological polar surface area (TPSA) is 67.9 Å². The lowest BCUT2D eigenvalue weighted by molar-refractivity contribution is -0.129. The Morgan fingerprint density at radius 3 is 2.78 bits per heavy atom. The summed E-state index contributed by atoms with van der Waals surface area (Å²) in [5.41, 5.74) is 1.06. The fourth-order valence-corrected chi connectivity index (χ4v) is 3.84. The summed E-state index contributed by atoms with van der Waals surface area (Å²) in [5, 5.41) is 4.91. The minimum absolute atomic E-state index is 0.0340. The molecule has 2 heterocycles. The fourth-order valence-electron chi connectivity index (χ4n) is 3.20. The third-order valence-electron chi connectivity index (χ3n) is 4.72. The summed E-state index contributed by atoms with van der Waals surface area (Å²) < 4.78 is 10.6. The summed E-state index contributed by atoms with van der Waals surface area (Å²) in [6.07, 6.45) is 0.984. The van der Waals surface area contributed by atoms with Gasteiger partial charge in [0.25, 0.3) is 0 Å². The molecule has 27 heavy (non-hydrogen) atoms. The second-order valence-electron chi connectivity index (χ2n) is 6.48. The lowest BCUT2D eigenvalue weighted by Gasteiger charge is -2.17. The van der Waals surface area contributed by atoms with Crippen molar-refractivity contribution in [2.75, 3.05) is 27.3 Å². The van der Waals surface area contributed by atoms with Crippen molar-refractivity contribution in [1.82, 2.24) is 10.2 Å². The van der Waals surface area contributed by atoms with Gasteiger partial charge in [-0.05, 0) is 35.6 Å². The van der Waals surface area contributed by atoms with Gasteiger partial charge in [0.15, 0.2) is 11.5 Å². The van der Waals surface area contributed by atoms with Crippen LogP contribution in [0.25, 0.3) is 0 Å². The Labute approximate surface area is 163 Å². The molecule has 144 valence electrons. The molecule has 1 aliphatic rings. The normalized spacial score (nSPS) is 16.4. The summed E-state index contributed by atoms with van der Waals surface area (Å²) in [5.74, 6) is 1.06. The zero-order valence-electron chi connectivity index (χ0n) is 15.6. The molecule has 6 nitrogen and oxygen atoms in total. The quantitative estimate of drug-likeness (QED) is 0.754. The summed E-state index contributed by atoms with van der Waals surface area (Å²) in [4.78, 5) is 27.5. The molecule has 1 N–H and O–H groups in total. The highest BCUT2D eigenvalue weighted by Crippen LogP contribution is 2.28. The molecule has 2 aromatic rings. The number of nitrogens with one attached hydrogen (secondary N) is 1. The second-order valence-corrected chi connectivity index (χ2v) is 7.51. The second kappa shape index (κ2) is 8.90. The van der Waals surface area contributed by atoms with Gasteiger partial charge in [-0.2, -0.15) is 0 Å². The van der Waals surface area contributed by atoms with Gasteiger partial charge in [0.2, 0.25) is 11.8 Å². The number of hydrogen-bond acceptors (Lipinski definition) is 5. The van der Waals surface area contributed by atoms with E-state index in [-0.39, 0.29) is 24.2 Å². The van der Waals surface area contributed by atoms with Gasteiger partial charge in [0.05, 0.1) is 26.7 Å². The molecule has 1 saturated heterocycles. The van der Waals surface area contributed by atoms with E-state index in [9.17, 15) is 9.59 Å². The molecule has 0 bridgehead atoms. The van der Waals surface area contributed by atoms with Gasteiger partial charge in [0, 0.05) is 24.4 Å². The van der Waals surface area contributed by atoms with Crippen molar-refractivity contribution in [2.24, 2.45) is 5.92 Å². The number of carbonyl (C=O) groups excluding carboxylic acids is 2. The average molecular weight is 388 g/mol. The van der Waals surface area contributed by atoms with E-state index in [2.05, 4.69) is 5.32 Å². The maximum Gasteiger partial charge on any atom is 0.225 e. The van der Waals surface area contributed by atoms with Crippen molar-refractivity contribution < 1.29 is 19.1 Å². The predicted octanol–water partition coefficient (Wildman–Crippen LogP) is 2.47. The number of ether oxygens (including phenoxy) is 2. The first kappa shape index (κ1) is 19.2. The van der Waals surface area contributed by atoms with Crippen LogP contribution in [0.1, 0.15) is 16.9 Å². The number of rotatable bonds is 8. The minimum Gasteiger partial charge on any atom is -0.493 e. The first-order chi connectivity index (χ1) is 13.1. The van der Waals surface area contributed by atoms with Crippen molar-refractivity contribution >= 4 is 23.2 Å². The van der Waals surface area contributed by atoms with Crippen LogP contribution in [0.2, 0.25) is 0 Å². The Bertz CT molecular complexity index is 791. The summed E-state index contributed by atoms with van der Waals surface area (Å²) in [7, 11) is 3.20. The number of thiophene rings is 1. The summed E-state index contributed by atoms with van der Waals surface area (Å²) >= 11 is 1.61. The SMILES string of the molecule is COc1ccc(CCN2C[C@H](C(=O)NCc3cccs3)CC2=O)cc1OC. The van der Waals surface area contributed by atoms with Crippen LogP contribution in [0, 0.1) is 5.92 Å². The molecule has 0 radical (unpaired) electrons. The van der Waals surface area contributed by atoms with E-state index >= 15 is 0 Å². The molecular weight excluding hydrogens is 364 g/mol. The van der Waals surface area contributed by atoms with Crippen LogP contribution >= 0.6 is 11.3 Å². The van der Waals surface area contributed by atoms with Crippen molar-refractivity contribution in [3.63, 3.8) is 0 Å². The average Bonchev–Trinajstić information content (AvgIpc) is 3.33. The third kappa shape index (κ3) is 4.80. The van der Waals surface area contributed by atoms with Gasteiger partial charge in [-0.25, -0.2) is 0 Å². The molecule has 7 heteroatoms. The van der Waals surface area contributed by atoms with E-state index in [1.165, 1.54) is 0 Å². The van der Waals surface area contributed by atoms with Crippen LogP contribution in [0.15, 0.2) is 35.7 Å². The fraction of sp³-hybridized carbons (Fsp3) is 0.400. The summed E-state index contributed by atoms with van der Waals surface area (Å²) in [6.45, 7) is 1.58. The van der Waals surface area contributed by atoms with Gasteiger partial charge < -0.3 is 19.7 Å². The molecule has 2 amide bonds. The molecule has 3 rings (SSSR count). The standard InChI is InChI=1S/C20H24N2O4S/c1-25-17-6-5-14(10-18(17)26-2)7-8-22-13-15(11-19(22)23)20(24)21-12-16-4-3-9-27-16/h3-6,9-10,15H,7-8,11-13H2,1-2H3,(H,21,24)/t15-/m1/s1. The number of amides is 2. The monoisotopic (exact) mass is 388 g/mol. The zero-order chi connectivity index (χ0) is 19.2. The molecule has 1 fully saturated rings. The number of likely N-dealkylation sites (tertiary alicyclic amines) is 1. The van der Waals surface area contributed by atoms with Crippen LogP contribution in [-0.4, -0.2) is 44.0 Å². The maximum atomic E-state index is 12.3. The molecule has 1 aromatic carbocycles. The minimum atomic E-state index is -0.275. The summed E-state index contributed by atoms with van der Waals surface area (Å²) in [6, 6.07) is 9.69. The van der Waals surface area contributed by atoms with Gasteiger partial charge in [-0.3, -0.25) is 9.59 Å². The van der Waals surface area contributed by atoms with Gasteiger partial charge in [-0.15, -0.1) is 11.3 Å². The third-order valence-corrected chi connectivity index (χ3v) is 5.60. The van der Waals surface area contributed by atoms with Crippen LogP contribution in [0.4, 0.5) is 0 Å². The lowest BCUT2D eigenvalue weighted by Crippen LogP contribution is -2.33. The molecule has 0 saturated carbocycles. The molecular formula is C20H24N2O4S. The Morgan fingerprint density at radius 1 is 1.26 bits per heavy atom. The van der Waals surface area contributed by atoms with Crippen LogP contribution in [0.5, 0.6) is 11.5 Å². The first-order valence-electron chi connectivity index (χ1n) is 8.89. The van der Waals surface area contributed by atoms with Gasteiger partial charge in [0.1, 0.15) is 0 Å². The lowest BCUT2D eigenvalue weighted by atomic mass is 10.1. The molecule has 1 aliphatic heterocycles. The molecule has 0 unspecified atom stereocenters. The van der Waals surface area contributed by atoms with E-state index in [1.54, 1.807) is 30.5 Å². The number of nitrogens with zero attached hydrogens (tertiary/aromatic N) is 1. The number of carbonyl (C=O) groups is 2. The number of hydrogen-bond donors (Lipinski definition) is 1. The zero-order valence-corrected chi connectivity index (χ0v) is 16.4. The van der Waals surface area contributed by atoms with Crippen molar-refractivity contribution in [3.8, 4) is 11.5 Å². The van der Waals surface area contributed by atoms with E-state index in [0.29, 0.717) is 37.6 Å².